The molecule has 0 radical (unpaired) electrons. The molecular weight excluding hydrogens is 286 g/mol. The van der Waals surface area contributed by atoms with E-state index in [0.29, 0.717) is 5.92 Å². The van der Waals surface area contributed by atoms with Crippen molar-refractivity contribution in [2.24, 2.45) is 5.92 Å². The molecule has 1 aromatic rings. The molecule has 0 aromatic carbocycles. The molecule has 0 amide bonds. The summed E-state index contributed by atoms with van der Waals surface area (Å²) in [4.78, 5) is 2.43. The number of hydrogen-bond donors (Lipinski definition) is 1. The van der Waals surface area contributed by atoms with E-state index < -0.39 is 0 Å². The van der Waals surface area contributed by atoms with Gasteiger partial charge in [0.2, 0.25) is 0 Å². The van der Waals surface area contributed by atoms with Crippen LogP contribution in [0.1, 0.15) is 50.8 Å². The fraction of sp³-hybridized carbons (Fsp3) is 0.812. The predicted molar refractivity (Wildman–Crippen MR) is 86.6 cm³/mol. The standard InChI is InChI=1S/C16H28ClN3O/c1-4-5-8-20-16(17)15(12(2)18-20)11-19-9-6-14(7-10-19)13(3)21/h13-14,21H,4-11H2,1-3H3. The molecule has 1 unspecified atom stereocenters. The van der Waals surface area contributed by atoms with Crippen LogP contribution in [0.15, 0.2) is 0 Å². The Balaban J connectivity index is 1.96. The summed E-state index contributed by atoms with van der Waals surface area (Å²) in [5.41, 5.74) is 2.22. The first-order valence-electron chi connectivity index (χ1n) is 8.15. The molecule has 0 saturated carbocycles. The molecule has 1 N–H and O–H groups in total. The topological polar surface area (TPSA) is 41.3 Å². The van der Waals surface area contributed by atoms with Crippen LogP contribution in [0.25, 0.3) is 0 Å². The van der Waals surface area contributed by atoms with Crippen molar-refractivity contribution < 1.29 is 5.11 Å². The number of unbranched alkanes of at least 4 members (excludes halogenated alkanes) is 1. The van der Waals surface area contributed by atoms with Crippen LogP contribution >= 0.6 is 11.6 Å². The van der Waals surface area contributed by atoms with Gasteiger partial charge in [-0.15, -0.1) is 0 Å². The maximum atomic E-state index is 9.67. The number of likely N-dealkylation sites (tertiary alicyclic amines) is 1. The summed E-state index contributed by atoms with van der Waals surface area (Å²) in [6, 6.07) is 0. The minimum absolute atomic E-state index is 0.186. The van der Waals surface area contributed by atoms with Crippen LogP contribution in [0.5, 0.6) is 0 Å². The number of hydrogen-bond acceptors (Lipinski definition) is 3. The molecule has 1 aromatic heterocycles. The maximum absolute atomic E-state index is 9.67. The van der Waals surface area contributed by atoms with Crippen LogP contribution in [0.4, 0.5) is 0 Å². The Morgan fingerprint density at radius 2 is 2.05 bits per heavy atom. The second kappa shape index (κ2) is 7.61. The van der Waals surface area contributed by atoms with Crippen LogP contribution in [-0.2, 0) is 13.1 Å². The average Bonchev–Trinajstić information content (AvgIpc) is 2.73. The van der Waals surface area contributed by atoms with Gasteiger partial charge in [-0.3, -0.25) is 9.58 Å². The van der Waals surface area contributed by atoms with Gasteiger partial charge in [0.15, 0.2) is 0 Å². The number of aliphatic hydroxyl groups is 1. The lowest BCUT2D eigenvalue weighted by Crippen LogP contribution is -2.36. The van der Waals surface area contributed by atoms with Crippen LogP contribution in [0, 0.1) is 12.8 Å². The quantitative estimate of drug-likeness (QED) is 0.876. The molecular formula is C16H28ClN3O. The van der Waals surface area contributed by atoms with Gasteiger partial charge in [0.1, 0.15) is 5.15 Å². The Morgan fingerprint density at radius 3 is 2.62 bits per heavy atom. The van der Waals surface area contributed by atoms with Gasteiger partial charge in [0.25, 0.3) is 0 Å². The largest absolute Gasteiger partial charge is 0.393 e. The van der Waals surface area contributed by atoms with Crippen molar-refractivity contribution in [3.63, 3.8) is 0 Å². The van der Waals surface area contributed by atoms with Crippen LogP contribution in [-0.4, -0.2) is 39.0 Å². The van der Waals surface area contributed by atoms with Crippen molar-refractivity contribution in [2.45, 2.75) is 65.6 Å². The lowest BCUT2D eigenvalue weighted by Gasteiger charge is -2.33. The first-order chi connectivity index (χ1) is 10.0. The third-order valence-electron chi connectivity index (χ3n) is 4.60. The van der Waals surface area contributed by atoms with Crippen molar-refractivity contribution in [1.82, 2.24) is 14.7 Å². The van der Waals surface area contributed by atoms with Crippen molar-refractivity contribution >= 4 is 11.6 Å². The Bertz CT molecular complexity index is 451. The number of aryl methyl sites for hydroxylation is 2. The van der Waals surface area contributed by atoms with E-state index in [1.807, 2.05) is 18.5 Å². The third kappa shape index (κ3) is 4.21. The lowest BCUT2D eigenvalue weighted by molar-refractivity contribution is 0.0695. The van der Waals surface area contributed by atoms with Gasteiger partial charge in [-0.2, -0.15) is 5.10 Å². The molecule has 21 heavy (non-hydrogen) atoms. The number of nitrogens with zero attached hydrogens (tertiary/aromatic N) is 3. The van der Waals surface area contributed by atoms with E-state index >= 15 is 0 Å². The molecule has 120 valence electrons. The van der Waals surface area contributed by atoms with Crippen LogP contribution < -0.4 is 0 Å². The fourth-order valence-electron chi connectivity index (χ4n) is 3.04. The summed E-state index contributed by atoms with van der Waals surface area (Å²) in [5.74, 6) is 0.449. The zero-order valence-corrected chi connectivity index (χ0v) is 14.2. The molecule has 1 saturated heterocycles. The summed E-state index contributed by atoms with van der Waals surface area (Å²) in [6.45, 7) is 9.98. The second-order valence-corrected chi connectivity index (χ2v) is 6.64. The van der Waals surface area contributed by atoms with Gasteiger partial charge >= 0.3 is 0 Å². The molecule has 2 heterocycles. The molecule has 1 atom stereocenters. The number of aliphatic hydroxyl groups excluding tert-OH is 1. The minimum atomic E-state index is -0.186. The minimum Gasteiger partial charge on any atom is -0.393 e. The number of rotatable bonds is 6. The molecule has 0 bridgehead atoms. The molecule has 1 aliphatic rings. The van der Waals surface area contributed by atoms with Crippen molar-refractivity contribution in [2.75, 3.05) is 13.1 Å². The Labute approximate surface area is 133 Å². The van der Waals surface area contributed by atoms with E-state index in [-0.39, 0.29) is 6.10 Å². The summed E-state index contributed by atoms with van der Waals surface area (Å²) in [6.07, 6.45) is 4.21. The summed E-state index contributed by atoms with van der Waals surface area (Å²) in [5, 5.41) is 15.1. The summed E-state index contributed by atoms with van der Waals surface area (Å²) < 4.78 is 1.94. The monoisotopic (exact) mass is 313 g/mol. The zero-order valence-electron chi connectivity index (χ0n) is 13.5. The first-order valence-corrected chi connectivity index (χ1v) is 8.53. The van der Waals surface area contributed by atoms with E-state index in [0.717, 1.165) is 62.7 Å². The van der Waals surface area contributed by atoms with E-state index in [2.05, 4.69) is 16.9 Å². The SMILES string of the molecule is CCCCn1nc(C)c(CN2CCC(C(C)O)CC2)c1Cl. The van der Waals surface area contributed by atoms with E-state index in [1.54, 1.807) is 0 Å². The highest BCUT2D eigenvalue weighted by molar-refractivity contribution is 6.30. The molecule has 0 spiro atoms. The van der Waals surface area contributed by atoms with Gasteiger partial charge in [0.05, 0.1) is 11.8 Å². The number of aromatic nitrogens is 2. The molecule has 1 fully saturated rings. The molecule has 4 nitrogen and oxygen atoms in total. The Hall–Kier alpha value is -0.580. The van der Waals surface area contributed by atoms with E-state index in [1.165, 1.54) is 5.56 Å². The zero-order chi connectivity index (χ0) is 15.4. The average molecular weight is 314 g/mol. The van der Waals surface area contributed by atoms with Gasteiger partial charge in [-0.1, -0.05) is 24.9 Å². The van der Waals surface area contributed by atoms with E-state index in [4.69, 9.17) is 11.6 Å². The molecule has 0 aliphatic carbocycles. The summed E-state index contributed by atoms with van der Waals surface area (Å²) in [7, 11) is 0. The van der Waals surface area contributed by atoms with Gasteiger partial charge in [-0.25, -0.2) is 0 Å². The normalized spacial score (nSPS) is 19.1. The molecule has 1 aliphatic heterocycles. The number of halogens is 1. The van der Waals surface area contributed by atoms with Crippen LogP contribution in [0.3, 0.4) is 0 Å². The maximum Gasteiger partial charge on any atom is 0.131 e. The van der Waals surface area contributed by atoms with Crippen molar-refractivity contribution in [3.8, 4) is 0 Å². The number of piperidine rings is 1. The van der Waals surface area contributed by atoms with Gasteiger partial charge in [0, 0.05) is 18.7 Å². The van der Waals surface area contributed by atoms with Crippen LogP contribution in [0.2, 0.25) is 5.15 Å². The first kappa shape index (κ1) is 16.8. The molecule has 5 heteroatoms. The fourth-order valence-corrected chi connectivity index (χ4v) is 3.36. The van der Waals surface area contributed by atoms with Gasteiger partial charge < -0.3 is 5.11 Å². The predicted octanol–water partition coefficient (Wildman–Crippen LogP) is 3.24. The summed E-state index contributed by atoms with van der Waals surface area (Å²) >= 11 is 6.50. The Kier molecular flexibility index (Phi) is 6.08. The highest BCUT2D eigenvalue weighted by atomic mass is 35.5. The smallest absolute Gasteiger partial charge is 0.131 e. The molecule has 2 rings (SSSR count). The van der Waals surface area contributed by atoms with E-state index in [9.17, 15) is 5.11 Å². The second-order valence-electron chi connectivity index (χ2n) is 6.29. The van der Waals surface area contributed by atoms with Crippen molar-refractivity contribution in [3.05, 3.63) is 16.4 Å². The van der Waals surface area contributed by atoms with Gasteiger partial charge in [-0.05, 0) is 52.1 Å². The third-order valence-corrected chi connectivity index (χ3v) is 5.03. The van der Waals surface area contributed by atoms with Crippen molar-refractivity contribution in [1.29, 1.82) is 0 Å². The Morgan fingerprint density at radius 1 is 1.38 bits per heavy atom. The lowest BCUT2D eigenvalue weighted by atomic mass is 9.92. The highest BCUT2D eigenvalue weighted by Gasteiger charge is 2.24. The highest BCUT2D eigenvalue weighted by Crippen LogP contribution is 2.26.